The van der Waals surface area contributed by atoms with E-state index in [1.807, 2.05) is 18.2 Å². The summed E-state index contributed by atoms with van der Waals surface area (Å²) in [5.41, 5.74) is 2.22. The van der Waals surface area contributed by atoms with Crippen molar-refractivity contribution < 1.29 is 22.7 Å². The van der Waals surface area contributed by atoms with Crippen molar-refractivity contribution in [2.75, 3.05) is 43.8 Å². The molecule has 0 unspecified atom stereocenters. The summed E-state index contributed by atoms with van der Waals surface area (Å²) >= 11 is 6.22. The molecule has 1 fully saturated rings. The second kappa shape index (κ2) is 10.6. The monoisotopic (exact) mass is 541 g/mol. The van der Waals surface area contributed by atoms with Gasteiger partial charge in [0.1, 0.15) is 6.54 Å². The Bertz CT molecular complexity index is 1390. The van der Waals surface area contributed by atoms with Crippen molar-refractivity contribution in [3.05, 3.63) is 82.9 Å². The lowest BCUT2D eigenvalue weighted by Crippen LogP contribution is -2.51. The number of piperazine rings is 1. The summed E-state index contributed by atoms with van der Waals surface area (Å²) in [7, 11) is -3.99. The lowest BCUT2D eigenvalue weighted by Gasteiger charge is -2.36. The molecular weight excluding hydrogens is 514 g/mol. The van der Waals surface area contributed by atoms with Gasteiger partial charge in [0.15, 0.2) is 11.5 Å². The average Bonchev–Trinajstić information content (AvgIpc) is 3.37. The van der Waals surface area contributed by atoms with E-state index in [4.69, 9.17) is 21.1 Å². The standard InChI is InChI=1S/C27H28ClN3O5S/c1-20-7-9-22(28)16-24(20)31(37(33,34)23-5-3-2-4-6-23)18-27(32)30-13-11-29(12-14-30)17-21-8-10-25-26(15-21)36-19-35-25/h2-10,15-16H,11-14,17-19H2,1H3. The van der Waals surface area contributed by atoms with Crippen LogP contribution in [0.25, 0.3) is 0 Å². The van der Waals surface area contributed by atoms with E-state index in [2.05, 4.69) is 4.90 Å². The van der Waals surface area contributed by atoms with E-state index >= 15 is 0 Å². The molecule has 10 heteroatoms. The maximum absolute atomic E-state index is 13.6. The number of hydrogen-bond donors (Lipinski definition) is 0. The molecule has 2 aliphatic rings. The molecule has 0 aromatic heterocycles. The summed E-state index contributed by atoms with van der Waals surface area (Å²) < 4.78 is 39.3. The van der Waals surface area contributed by atoms with Crippen molar-refractivity contribution in [2.45, 2.75) is 18.4 Å². The number of halogens is 1. The number of fused-ring (bicyclic) bond motifs is 1. The Morgan fingerprint density at radius 3 is 2.43 bits per heavy atom. The van der Waals surface area contributed by atoms with Gasteiger partial charge in [-0.15, -0.1) is 0 Å². The van der Waals surface area contributed by atoms with Crippen molar-refractivity contribution in [3.63, 3.8) is 0 Å². The van der Waals surface area contributed by atoms with Crippen molar-refractivity contribution in [3.8, 4) is 11.5 Å². The summed E-state index contributed by atoms with van der Waals surface area (Å²) in [4.78, 5) is 17.5. The van der Waals surface area contributed by atoms with E-state index in [-0.39, 0.29) is 24.1 Å². The molecule has 0 saturated carbocycles. The molecule has 2 heterocycles. The Morgan fingerprint density at radius 2 is 1.68 bits per heavy atom. The van der Waals surface area contributed by atoms with Crippen molar-refractivity contribution in [1.82, 2.24) is 9.80 Å². The van der Waals surface area contributed by atoms with Crippen LogP contribution in [-0.4, -0.2) is 63.6 Å². The number of hydrogen-bond acceptors (Lipinski definition) is 6. The number of amides is 1. The molecule has 3 aromatic carbocycles. The van der Waals surface area contributed by atoms with Crippen LogP contribution in [0.4, 0.5) is 5.69 Å². The normalized spacial score (nSPS) is 15.6. The van der Waals surface area contributed by atoms with Gasteiger partial charge in [0.25, 0.3) is 10.0 Å². The third-order valence-electron chi connectivity index (χ3n) is 6.62. The number of rotatable bonds is 7. The number of nitrogens with zero attached hydrogens (tertiary/aromatic N) is 3. The first-order valence-electron chi connectivity index (χ1n) is 12.0. The number of carbonyl (C=O) groups is 1. The van der Waals surface area contributed by atoms with Crippen LogP contribution in [0.5, 0.6) is 11.5 Å². The minimum Gasteiger partial charge on any atom is -0.454 e. The van der Waals surface area contributed by atoms with E-state index in [0.717, 1.165) is 23.6 Å². The number of carbonyl (C=O) groups excluding carboxylic acids is 1. The highest BCUT2D eigenvalue weighted by molar-refractivity contribution is 7.92. The summed E-state index contributed by atoms with van der Waals surface area (Å²) in [6, 6.07) is 19.1. The van der Waals surface area contributed by atoms with Gasteiger partial charge in [0.05, 0.1) is 10.6 Å². The third kappa shape index (κ3) is 5.53. The van der Waals surface area contributed by atoms with Crippen LogP contribution in [0.2, 0.25) is 5.02 Å². The summed E-state index contributed by atoms with van der Waals surface area (Å²) in [6.07, 6.45) is 0. The quantitative estimate of drug-likeness (QED) is 0.451. The summed E-state index contributed by atoms with van der Waals surface area (Å²) in [5.74, 6) is 1.26. The first-order valence-corrected chi connectivity index (χ1v) is 13.9. The summed E-state index contributed by atoms with van der Waals surface area (Å²) in [6.45, 7) is 4.86. The van der Waals surface area contributed by atoms with Crippen molar-refractivity contribution in [2.24, 2.45) is 0 Å². The Hall–Kier alpha value is -3.27. The second-order valence-corrected chi connectivity index (χ2v) is 11.4. The van der Waals surface area contributed by atoms with Gasteiger partial charge in [-0.1, -0.05) is 41.9 Å². The highest BCUT2D eigenvalue weighted by Gasteiger charge is 2.31. The lowest BCUT2D eigenvalue weighted by atomic mass is 10.1. The number of aryl methyl sites for hydroxylation is 1. The Balaban J connectivity index is 1.29. The molecule has 0 aliphatic carbocycles. The largest absolute Gasteiger partial charge is 0.454 e. The Morgan fingerprint density at radius 1 is 0.946 bits per heavy atom. The molecule has 0 bridgehead atoms. The van der Waals surface area contributed by atoms with Gasteiger partial charge in [-0.05, 0) is 54.4 Å². The van der Waals surface area contributed by atoms with E-state index < -0.39 is 10.0 Å². The van der Waals surface area contributed by atoms with Gasteiger partial charge in [0.2, 0.25) is 12.7 Å². The molecule has 3 aromatic rings. The minimum absolute atomic E-state index is 0.121. The van der Waals surface area contributed by atoms with Crippen LogP contribution in [0.1, 0.15) is 11.1 Å². The van der Waals surface area contributed by atoms with Gasteiger partial charge in [-0.3, -0.25) is 14.0 Å². The second-order valence-electron chi connectivity index (χ2n) is 9.10. The van der Waals surface area contributed by atoms with Crippen LogP contribution in [0.15, 0.2) is 71.6 Å². The van der Waals surface area contributed by atoms with E-state index in [1.165, 1.54) is 16.4 Å². The van der Waals surface area contributed by atoms with E-state index in [1.54, 1.807) is 48.2 Å². The maximum Gasteiger partial charge on any atom is 0.264 e. The number of anilines is 1. The SMILES string of the molecule is Cc1ccc(Cl)cc1N(CC(=O)N1CCN(Cc2ccc3c(c2)OCO3)CC1)S(=O)(=O)c1ccccc1. The predicted octanol–water partition coefficient (Wildman–Crippen LogP) is 3.92. The topological polar surface area (TPSA) is 79.4 Å². The smallest absolute Gasteiger partial charge is 0.264 e. The predicted molar refractivity (Wildman–Crippen MR) is 142 cm³/mol. The van der Waals surface area contributed by atoms with Crippen molar-refractivity contribution >= 4 is 33.2 Å². The van der Waals surface area contributed by atoms with E-state index in [0.29, 0.717) is 42.5 Å². The fraction of sp³-hybridized carbons (Fsp3) is 0.296. The first kappa shape index (κ1) is 25.4. The highest BCUT2D eigenvalue weighted by atomic mass is 35.5. The average molecular weight is 542 g/mol. The number of benzene rings is 3. The zero-order chi connectivity index (χ0) is 26.0. The Kier molecular flexibility index (Phi) is 7.28. The zero-order valence-electron chi connectivity index (χ0n) is 20.5. The fourth-order valence-corrected chi connectivity index (χ4v) is 6.20. The van der Waals surface area contributed by atoms with Crippen molar-refractivity contribution in [1.29, 1.82) is 0 Å². The van der Waals surface area contributed by atoms with Gasteiger partial charge >= 0.3 is 0 Å². The molecule has 5 rings (SSSR count). The maximum atomic E-state index is 13.6. The molecule has 0 radical (unpaired) electrons. The molecule has 2 aliphatic heterocycles. The highest BCUT2D eigenvalue weighted by Crippen LogP contribution is 2.33. The van der Waals surface area contributed by atoms with Gasteiger partial charge in [-0.2, -0.15) is 0 Å². The van der Waals surface area contributed by atoms with Crippen LogP contribution < -0.4 is 13.8 Å². The molecule has 37 heavy (non-hydrogen) atoms. The minimum atomic E-state index is -3.99. The zero-order valence-corrected chi connectivity index (χ0v) is 22.0. The molecule has 194 valence electrons. The molecule has 8 nitrogen and oxygen atoms in total. The molecule has 1 saturated heterocycles. The number of ether oxygens (including phenoxy) is 2. The molecular formula is C27H28ClN3O5S. The fourth-order valence-electron chi connectivity index (χ4n) is 4.55. The van der Waals surface area contributed by atoms with Crippen LogP contribution in [0, 0.1) is 6.92 Å². The Labute approximate surface area is 222 Å². The number of sulfonamides is 1. The first-order chi connectivity index (χ1) is 17.8. The van der Waals surface area contributed by atoms with Crippen LogP contribution in [0.3, 0.4) is 0 Å². The molecule has 0 atom stereocenters. The van der Waals surface area contributed by atoms with Gasteiger partial charge in [0, 0.05) is 37.7 Å². The van der Waals surface area contributed by atoms with Gasteiger partial charge in [-0.25, -0.2) is 8.42 Å². The summed E-state index contributed by atoms with van der Waals surface area (Å²) in [5, 5.41) is 0.401. The molecule has 0 N–H and O–H groups in total. The molecule has 1 amide bonds. The lowest BCUT2D eigenvalue weighted by molar-refractivity contribution is -0.131. The molecule has 0 spiro atoms. The third-order valence-corrected chi connectivity index (χ3v) is 8.63. The van der Waals surface area contributed by atoms with E-state index in [9.17, 15) is 13.2 Å². The van der Waals surface area contributed by atoms with Gasteiger partial charge < -0.3 is 14.4 Å². The van der Waals surface area contributed by atoms with Crippen LogP contribution in [-0.2, 0) is 21.4 Å². The van der Waals surface area contributed by atoms with Crippen LogP contribution >= 0.6 is 11.6 Å².